The molecule has 1 nitrogen and oxygen atoms in total. The van der Waals surface area contributed by atoms with E-state index in [1.807, 2.05) is 24.8 Å². The number of hydrogen-bond donors (Lipinski definition) is 0. The van der Waals surface area contributed by atoms with Crippen LogP contribution in [0.2, 0.25) is 0 Å². The van der Waals surface area contributed by atoms with Crippen molar-refractivity contribution in [3.05, 3.63) is 12.3 Å². The monoisotopic (exact) mass is 158 g/mol. The van der Waals surface area contributed by atoms with Crippen LogP contribution in [0.5, 0.6) is 0 Å². The molecule has 0 spiro atoms. The molecule has 0 N–H and O–H groups in total. The summed E-state index contributed by atoms with van der Waals surface area (Å²) in [5, 5.41) is 0. The molecule has 1 rings (SSSR count). The number of ether oxygens (including phenoxy) is 1. The van der Waals surface area contributed by atoms with E-state index in [0.29, 0.717) is 4.75 Å². The van der Waals surface area contributed by atoms with Gasteiger partial charge >= 0.3 is 0 Å². The van der Waals surface area contributed by atoms with Crippen molar-refractivity contribution in [3.63, 3.8) is 0 Å². The molecule has 58 valence electrons. The molecule has 1 aliphatic heterocycles. The highest BCUT2D eigenvalue weighted by Crippen LogP contribution is 2.46. The van der Waals surface area contributed by atoms with Crippen LogP contribution in [0.15, 0.2) is 12.3 Å². The molecule has 0 radical (unpaired) electrons. The highest BCUT2D eigenvalue weighted by molar-refractivity contribution is 8.07. The molecule has 1 aliphatic rings. The van der Waals surface area contributed by atoms with Crippen molar-refractivity contribution < 1.29 is 4.74 Å². The third kappa shape index (κ3) is 2.65. The molecule has 0 amide bonds. The molecule has 0 aromatic rings. The van der Waals surface area contributed by atoms with Gasteiger partial charge < -0.3 is 4.74 Å². The lowest BCUT2D eigenvalue weighted by Crippen LogP contribution is -2.05. The fourth-order valence-electron chi connectivity index (χ4n) is 0.707. The maximum atomic E-state index is 5.20. The summed E-state index contributed by atoms with van der Waals surface area (Å²) in [6.07, 6.45) is 4.86. The van der Waals surface area contributed by atoms with Gasteiger partial charge in [-0.15, -0.1) is 0 Å². The van der Waals surface area contributed by atoms with E-state index in [0.717, 1.165) is 6.61 Å². The van der Waals surface area contributed by atoms with Gasteiger partial charge in [-0.25, -0.2) is 0 Å². The zero-order valence-corrected chi connectivity index (χ0v) is 7.41. The second-order valence-corrected chi connectivity index (χ2v) is 4.39. The Morgan fingerprint density at radius 3 is 2.90 bits per heavy atom. The van der Waals surface area contributed by atoms with Crippen LogP contribution in [-0.2, 0) is 4.74 Å². The summed E-state index contributed by atoms with van der Waals surface area (Å²) >= 11 is 2.02. The first-order valence-corrected chi connectivity index (χ1v) is 4.62. The van der Waals surface area contributed by atoms with E-state index >= 15 is 0 Å². The van der Waals surface area contributed by atoms with Crippen molar-refractivity contribution >= 4 is 11.8 Å². The van der Waals surface area contributed by atoms with Gasteiger partial charge in [0.05, 0.1) is 12.9 Å². The van der Waals surface area contributed by atoms with E-state index < -0.39 is 0 Å². The maximum Gasteiger partial charge on any atom is 0.0886 e. The molecule has 0 bridgehead atoms. The van der Waals surface area contributed by atoms with Gasteiger partial charge in [-0.05, 0) is 20.3 Å². The van der Waals surface area contributed by atoms with Crippen molar-refractivity contribution in [1.29, 1.82) is 0 Å². The molecule has 1 fully saturated rings. The number of thioether (sulfide) groups is 1. The molecular weight excluding hydrogens is 144 g/mol. The first-order valence-electron chi connectivity index (χ1n) is 3.63. The fourth-order valence-corrected chi connectivity index (χ4v) is 1.33. The molecule has 1 unspecified atom stereocenters. The van der Waals surface area contributed by atoms with Crippen molar-refractivity contribution in [2.24, 2.45) is 0 Å². The molecule has 0 aromatic carbocycles. The minimum Gasteiger partial charge on any atom is -0.501 e. The Morgan fingerprint density at radius 1 is 1.70 bits per heavy atom. The van der Waals surface area contributed by atoms with Crippen LogP contribution in [-0.4, -0.2) is 17.1 Å². The molecule has 0 saturated carbocycles. The highest BCUT2D eigenvalue weighted by Gasteiger charge is 2.37. The first-order chi connectivity index (χ1) is 4.77. The van der Waals surface area contributed by atoms with E-state index in [1.165, 1.54) is 12.2 Å². The zero-order chi connectivity index (χ0) is 7.45. The van der Waals surface area contributed by atoms with Crippen molar-refractivity contribution in [2.75, 3.05) is 12.4 Å². The molecule has 1 heterocycles. The van der Waals surface area contributed by atoms with Gasteiger partial charge in [0.2, 0.25) is 0 Å². The number of hydrogen-bond acceptors (Lipinski definition) is 2. The minimum atomic E-state index is 0.557. The van der Waals surface area contributed by atoms with Gasteiger partial charge in [0.15, 0.2) is 0 Å². The largest absolute Gasteiger partial charge is 0.501 e. The van der Waals surface area contributed by atoms with Gasteiger partial charge in [0.25, 0.3) is 0 Å². The summed E-state index contributed by atoms with van der Waals surface area (Å²) in [4.78, 5) is 0. The maximum absolute atomic E-state index is 5.20. The van der Waals surface area contributed by atoms with Gasteiger partial charge in [0.1, 0.15) is 0 Å². The number of rotatable bonds is 4. The zero-order valence-electron chi connectivity index (χ0n) is 6.59. The molecule has 0 aliphatic carbocycles. The third-order valence-electron chi connectivity index (χ3n) is 1.62. The Bertz CT molecular complexity index is 127. The Hall–Kier alpha value is -0.110. The Kier molecular flexibility index (Phi) is 2.66. The van der Waals surface area contributed by atoms with E-state index in [9.17, 15) is 0 Å². The quantitative estimate of drug-likeness (QED) is 0.353. The van der Waals surface area contributed by atoms with E-state index in [-0.39, 0.29) is 0 Å². The number of allylic oxidation sites excluding steroid dienone is 1. The van der Waals surface area contributed by atoms with E-state index in [1.54, 1.807) is 6.26 Å². The van der Waals surface area contributed by atoms with Crippen molar-refractivity contribution in [2.45, 2.75) is 25.0 Å². The van der Waals surface area contributed by atoms with Crippen LogP contribution >= 0.6 is 11.8 Å². The van der Waals surface area contributed by atoms with Crippen LogP contribution in [0.25, 0.3) is 0 Å². The molecule has 2 heteroatoms. The van der Waals surface area contributed by atoms with Gasteiger partial charge in [-0.3, -0.25) is 0 Å². The third-order valence-corrected chi connectivity index (χ3v) is 3.10. The topological polar surface area (TPSA) is 9.23 Å². The molecular formula is C8H14OS. The predicted molar refractivity (Wildman–Crippen MR) is 46.2 cm³/mol. The summed E-state index contributed by atoms with van der Waals surface area (Å²) < 4.78 is 5.76. The summed E-state index contributed by atoms with van der Waals surface area (Å²) in [5.41, 5.74) is 0. The standard InChI is InChI=1S/C8H14OS/c1-3-5-9-6-4-8(2)7-10-8/h3,5H,4,6-7H2,1-2H3/b5-3+. The summed E-state index contributed by atoms with van der Waals surface area (Å²) in [7, 11) is 0. The lowest BCUT2D eigenvalue weighted by molar-refractivity contribution is 0.238. The molecule has 1 saturated heterocycles. The Morgan fingerprint density at radius 2 is 2.40 bits per heavy atom. The lowest BCUT2D eigenvalue weighted by atomic mass is 10.1. The average molecular weight is 158 g/mol. The van der Waals surface area contributed by atoms with Gasteiger partial charge in [-0.1, -0.05) is 6.08 Å². The summed E-state index contributed by atoms with van der Waals surface area (Å²) in [5.74, 6) is 1.31. The van der Waals surface area contributed by atoms with Gasteiger partial charge in [0, 0.05) is 10.5 Å². The van der Waals surface area contributed by atoms with Crippen LogP contribution in [0.1, 0.15) is 20.3 Å². The SMILES string of the molecule is C/C=C/OCCC1(C)CS1. The van der Waals surface area contributed by atoms with E-state index in [4.69, 9.17) is 4.74 Å². The van der Waals surface area contributed by atoms with Crippen molar-refractivity contribution in [1.82, 2.24) is 0 Å². The van der Waals surface area contributed by atoms with Crippen molar-refractivity contribution in [3.8, 4) is 0 Å². The highest BCUT2D eigenvalue weighted by atomic mass is 32.2. The summed E-state index contributed by atoms with van der Waals surface area (Å²) in [6.45, 7) is 5.12. The first kappa shape index (κ1) is 7.99. The molecule has 1 atom stereocenters. The average Bonchev–Trinajstić information content (AvgIpc) is 2.62. The fraction of sp³-hybridized carbons (Fsp3) is 0.750. The Labute approximate surface area is 66.8 Å². The second-order valence-electron chi connectivity index (χ2n) is 2.83. The smallest absolute Gasteiger partial charge is 0.0886 e. The molecule has 10 heavy (non-hydrogen) atoms. The van der Waals surface area contributed by atoms with E-state index in [2.05, 4.69) is 6.92 Å². The molecule has 0 aromatic heterocycles. The lowest BCUT2D eigenvalue weighted by Gasteiger charge is -2.04. The summed E-state index contributed by atoms with van der Waals surface area (Å²) in [6, 6.07) is 0. The predicted octanol–water partition coefficient (Wildman–Crippen LogP) is 2.43. The van der Waals surface area contributed by atoms with Crippen LogP contribution in [0.3, 0.4) is 0 Å². The minimum absolute atomic E-state index is 0.557. The normalized spacial score (nSPS) is 31.0. The van der Waals surface area contributed by atoms with Crippen LogP contribution < -0.4 is 0 Å². The van der Waals surface area contributed by atoms with Crippen LogP contribution in [0.4, 0.5) is 0 Å². The Balaban J connectivity index is 1.95. The second kappa shape index (κ2) is 3.33. The van der Waals surface area contributed by atoms with Crippen LogP contribution in [0, 0.1) is 0 Å². The van der Waals surface area contributed by atoms with Gasteiger partial charge in [-0.2, -0.15) is 11.8 Å².